The quantitative estimate of drug-likeness (QED) is 0.249. The lowest BCUT2D eigenvalue weighted by Gasteiger charge is -2.19. The second-order valence-corrected chi connectivity index (χ2v) is 8.30. The number of carbonyl (C=O) groups excluding carboxylic acids is 6. The van der Waals surface area contributed by atoms with Crippen LogP contribution in [0.2, 0.25) is 0 Å². The molecule has 32 heavy (non-hydrogen) atoms. The van der Waals surface area contributed by atoms with Crippen molar-refractivity contribution in [3.05, 3.63) is 0 Å². The van der Waals surface area contributed by atoms with Crippen molar-refractivity contribution in [2.75, 3.05) is 26.0 Å². The predicted molar refractivity (Wildman–Crippen MR) is 115 cm³/mol. The topological polar surface area (TPSA) is 162 Å². The van der Waals surface area contributed by atoms with Gasteiger partial charge in [0.15, 0.2) is 5.78 Å². The molecule has 0 radical (unpaired) electrons. The summed E-state index contributed by atoms with van der Waals surface area (Å²) in [6.45, 7) is 3.81. The molecule has 0 bridgehead atoms. The van der Waals surface area contributed by atoms with Crippen LogP contribution in [0.25, 0.3) is 0 Å². The number of thioether (sulfide) groups is 1. The van der Waals surface area contributed by atoms with Gasteiger partial charge < -0.3 is 20.5 Å². The van der Waals surface area contributed by atoms with Crippen LogP contribution in [0.1, 0.15) is 46.0 Å². The molecule has 1 heterocycles. The van der Waals surface area contributed by atoms with Crippen LogP contribution in [0.4, 0.5) is 0 Å². The maximum absolute atomic E-state index is 12.7. The lowest BCUT2D eigenvalue weighted by atomic mass is 10.1. The van der Waals surface area contributed by atoms with Gasteiger partial charge in [-0.15, -0.1) is 11.8 Å². The number of imide groups is 1. The predicted octanol–water partition coefficient (Wildman–Crippen LogP) is -0.455. The van der Waals surface area contributed by atoms with E-state index in [9.17, 15) is 28.8 Å². The van der Waals surface area contributed by atoms with Gasteiger partial charge in [-0.3, -0.25) is 33.7 Å². The first-order valence-electron chi connectivity index (χ1n) is 10.4. The third kappa shape index (κ3) is 8.58. The number of hydrogen-bond donors (Lipinski definition) is 2. The van der Waals surface area contributed by atoms with E-state index in [0.717, 1.165) is 16.7 Å². The third-order valence-electron chi connectivity index (χ3n) is 4.77. The van der Waals surface area contributed by atoms with E-state index in [-0.39, 0.29) is 62.8 Å². The number of methoxy groups -OCH3 is 1. The van der Waals surface area contributed by atoms with E-state index in [2.05, 4.69) is 10.1 Å². The summed E-state index contributed by atoms with van der Waals surface area (Å²) in [7, 11) is 1.19. The highest BCUT2D eigenvalue weighted by Crippen LogP contribution is 2.26. The summed E-state index contributed by atoms with van der Waals surface area (Å²) in [5.74, 6) is -2.64. The normalized spacial score (nSPS) is 17.6. The van der Waals surface area contributed by atoms with Gasteiger partial charge in [-0.2, -0.15) is 0 Å². The van der Waals surface area contributed by atoms with Gasteiger partial charge >= 0.3 is 11.9 Å². The number of ketones is 1. The molecule has 1 rings (SSSR count). The van der Waals surface area contributed by atoms with Crippen molar-refractivity contribution < 1.29 is 38.2 Å². The van der Waals surface area contributed by atoms with E-state index in [0.29, 0.717) is 0 Å². The molecule has 12 heteroatoms. The molecule has 0 aliphatic carbocycles. The van der Waals surface area contributed by atoms with Gasteiger partial charge in [0.2, 0.25) is 17.7 Å². The number of amides is 3. The number of nitrogens with one attached hydrogen (secondary N) is 1. The molecule has 180 valence electrons. The highest BCUT2D eigenvalue weighted by atomic mass is 32.2. The Kier molecular flexibility index (Phi) is 11.9. The third-order valence-corrected chi connectivity index (χ3v) is 6.07. The van der Waals surface area contributed by atoms with E-state index in [1.54, 1.807) is 13.8 Å². The number of nitrogens with zero attached hydrogens (tertiary/aromatic N) is 1. The number of rotatable bonds is 14. The Hall–Kier alpha value is -2.47. The van der Waals surface area contributed by atoms with E-state index < -0.39 is 41.0 Å². The second-order valence-electron chi connectivity index (χ2n) is 7.06. The van der Waals surface area contributed by atoms with Gasteiger partial charge in [0, 0.05) is 31.6 Å². The van der Waals surface area contributed by atoms with Crippen molar-refractivity contribution >= 4 is 47.2 Å². The zero-order chi connectivity index (χ0) is 24.3. The van der Waals surface area contributed by atoms with Crippen molar-refractivity contribution in [1.82, 2.24) is 10.2 Å². The minimum atomic E-state index is -0.977. The number of likely N-dealkylation sites (tertiary alicyclic amines) is 1. The van der Waals surface area contributed by atoms with Crippen molar-refractivity contribution in [2.24, 2.45) is 5.73 Å². The van der Waals surface area contributed by atoms with Crippen LogP contribution >= 0.6 is 11.8 Å². The number of ether oxygens (including phenoxy) is 2. The van der Waals surface area contributed by atoms with Crippen LogP contribution < -0.4 is 11.1 Å². The van der Waals surface area contributed by atoms with Crippen molar-refractivity contribution in [2.45, 2.75) is 63.3 Å². The van der Waals surface area contributed by atoms with Crippen molar-refractivity contribution in [1.29, 1.82) is 0 Å². The molecule has 1 aliphatic rings. The average Bonchev–Trinajstić information content (AvgIpc) is 3.04. The van der Waals surface area contributed by atoms with E-state index in [4.69, 9.17) is 10.5 Å². The van der Waals surface area contributed by atoms with E-state index in [1.165, 1.54) is 7.11 Å². The molecule has 0 spiro atoms. The summed E-state index contributed by atoms with van der Waals surface area (Å²) < 4.78 is 9.32. The van der Waals surface area contributed by atoms with Crippen LogP contribution in [0.3, 0.4) is 0 Å². The fourth-order valence-electron chi connectivity index (χ4n) is 3.00. The Labute approximate surface area is 191 Å². The Morgan fingerprint density at radius 2 is 1.88 bits per heavy atom. The number of nitrogens with two attached hydrogens (primary N) is 1. The Balaban J connectivity index is 2.73. The molecule has 1 saturated heterocycles. The molecule has 3 amide bonds. The SMILES string of the molecule is CCOC(=O)CCC(=O)C(CSC1CC(=O)N(CC)C1=O)NC(=O)CCC(N)C(=O)OC. The zero-order valence-corrected chi connectivity index (χ0v) is 19.4. The van der Waals surface area contributed by atoms with Gasteiger partial charge in [0.05, 0.1) is 31.4 Å². The van der Waals surface area contributed by atoms with Gasteiger partial charge in [-0.1, -0.05) is 0 Å². The molecular formula is C20H31N3O8S. The highest BCUT2D eigenvalue weighted by Gasteiger charge is 2.38. The molecule has 1 aliphatic heterocycles. The summed E-state index contributed by atoms with van der Waals surface area (Å²) in [5, 5.41) is 1.95. The highest BCUT2D eigenvalue weighted by molar-refractivity contribution is 8.00. The monoisotopic (exact) mass is 473 g/mol. The van der Waals surface area contributed by atoms with Crippen LogP contribution in [0.15, 0.2) is 0 Å². The molecule has 0 aromatic carbocycles. The minimum absolute atomic E-state index is 0.0243. The average molecular weight is 474 g/mol. The largest absolute Gasteiger partial charge is 0.468 e. The molecule has 0 saturated carbocycles. The Morgan fingerprint density at radius 1 is 1.19 bits per heavy atom. The Bertz CT molecular complexity index is 730. The van der Waals surface area contributed by atoms with Gasteiger partial charge in [0.1, 0.15) is 6.04 Å². The molecule has 11 nitrogen and oxygen atoms in total. The van der Waals surface area contributed by atoms with E-state index >= 15 is 0 Å². The molecule has 0 aromatic heterocycles. The molecule has 3 N–H and O–H groups in total. The molecule has 3 atom stereocenters. The fourth-order valence-corrected chi connectivity index (χ4v) is 4.22. The smallest absolute Gasteiger partial charge is 0.322 e. The van der Waals surface area contributed by atoms with Crippen molar-refractivity contribution in [3.8, 4) is 0 Å². The summed E-state index contributed by atoms with van der Waals surface area (Å²) in [5.41, 5.74) is 5.62. The number of esters is 2. The van der Waals surface area contributed by atoms with Gasteiger partial charge in [-0.25, -0.2) is 0 Å². The minimum Gasteiger partial charge on any atom is -0.468 e. The summed E-state index contributed by atoms with van der Waals surface area (Å²) in [4.78, 5) is 73.3. The molecule has 0 aromatic rings. The maximum Gasteiger partial charge on any atom is 0.322 e. The standard InChI is InChI=1S/C20H31N3O8S/c1-4-23-17(26)10-15(19(23)28)32-11-13(14(24)7-9-18(27)31-5-2)22-16(25)8-6-12(21)20(29)30-3/h12-13,15H,4-11,21H2,1-3H3,(H,22,25). The number of Topliss-reactive ketones (excluding diaryl/α,β-unsaturated/α-hetero) is 1. The lowest BCUT2D eigenvalue weighted by molar-refractivity contribution is -0.144. The van der Waals surface area contributed by atoms with Gasteiger partial charge in [0.25, 0.3) is 0 Å². The van der Waals surface area contributed by atoms with Crippen molar-refractivity contribution in [3.63, 3.8) is 0 Å². The first-order valence-corrected chi connectivity index (χ1v) is 11.5. The zero-order valence-electron chi connectivity index (χ0n) is 18.6. The van der Waals surface area contributed by atoms with Crippen LogP contribution in [-0.4, -0.2) is 83.7 Å². The fraction of sp³-hybridized carbons (Fsp3) is 0.700. The first kappa shape index (κ1) is 27.6. The summed E-state index contributed by atoms with van der Waals surface area (Å²) in [6.07, 6.45) is -0.349. The molecule has 1 fully saturated rings. The second kappa shape index (κ2) is 13.8. The summed E-state index contributed by atoms with van der Waals surface area (Å²) >= 11 is 1.11. The number of carbonyl (C=O) groups is 6. The first-order chi connectivity index (χ1) is 15.1. The van der Waals surface area contributed by atoms with Gasteiger partial charge in [-0.05, 0) is 20.3 Å². The summed E-state index contributed by atoms with van der Waals surface area (Å²) in [6, 6.07) is -1.95. The van der Waals surface area contributed by atoms with Crippen LogP contribution in [-0.2, 0) is 38.2 Å². The maximum atomic E-state index is 12.7. The Morgan fingerprint density at radius 3 is 2.44 bits per heavy atom. The van der Waals surface area contributed by atoms with Crippen LogP contribution in [0, 0.1) is 0 Å². The van der Waals surface area contributed by atoms with E-state index in [1.807, 2.05) is 0 Å². The molecule has 3 unspecified atom stereocenters. The molecular weight excluding hydrogens is 442 g/mol. The number of hydrogen-bond acceptors (Lipinski definition) is 10. The van der Waals surface area contributed by atoms with Crippen LogP contribution in [0.5, 0.6) is 0 Å². The lowest BCUT2D eigenvalue weighted by Crippen LogP contribution is -2.44.